The number of hydrogen-bond acceptors (Lipinski definition) is 4. The SMILES string of the molecule is O=S(=O)(C1CC1)n1cc2cc(C3c4ccccc4-c4cncn43)ccc2n1. The molecular weight excluding hydrogens is 360 g/mol. The van der Waals surface area contributed by atoms with Crippen molar-refractivity contribution in [1.29, 1.82) is 0 Å². The van der Waals surface area contributed by atoms with Gasteiger partial charge < -0.3 is 4.57 Å². The van der Waals surface area contributed by atoms with Gasteiger partial charge in [0.1, 0.15) is 0 Å². The average molecular weight is 376 g/mol. The Morgan fingerprint density at radius 2 is 1.93 bits per heavy atom. The van der Waals surface area contributed by atoms with Crippen LogP contribution in [0.15, 0.2) is 61.2 Å². The van der Waals surface area contributed by atoms with Crippen molar-refractivity contribution < 1.29 is 8.42 Å². The number of imidazole rings is 1. The first-order chi connectivity index (χ1) is 13.1. The van der Waals surface area contributed by atoms with Crippen LogP contribution in [0.3, 0.4) is 0 Å². The zero-order valence-corrected chi connectivity index (χ0v) is 15.2. The lowest BCUT2D eigenvalue weighted by atomic mass is 9.96. The van der Waals surface area contributed by atoms with E-state index in [4.69, 9.17) is 0 Å². The van der Waals surface area contributed by atoms with Crippen molar-refractivity contribution in [3.8, 4) is 11.3 Å². The summed E-state index contributed by atoms with van der Waals surface area (Å²) in [7, 11) is -3.36. The molecular formula is C20H16N4O2S. The molecule has 27 heavy (non-hydrogen) atoms. The van der Waals surface area contributed by atoms with Crippen LogP contribution in [0, 0.1) is 0 Å². The van der Waals surface area contributed by atoms with Crippen molar-refractivity contribution in [3.05, 3.63) is 72.3 Å². The topological polar surface area (TPSA) is 69.8 Å². The minimum atomic E-state index is -3.36. The van der Waals surface area contributed by atoms with Crippen molar-refractivity contribution in [2.45, 2.75) is 24.1 Å². The summed E-state index contributed by atoms with van der Waals surface area (Å²) < 4.78 is 28.3. The number of benzene rings is 2. The van der Waals surface area contributed by atoms with Gasteiger partial charge in [0.25, 0.3) is 10.0 Å². The van der Waals surface area contributed by atoms with Gasteiger partial charge in [0.15, 0.2) is 0 Å². The summed E-state index contributed by atoms with van der Waals surface area (Å²) in [6.07, 6.45) is 6.84. The summed E-state index contributed by atoms with van der Waals surface area (Å²) in [4.78, 5) is 4.31. The largest absolute Gasteiger partial charge is 0.319 e. The molecule has 0 radical (unpaired) electrons. The molecule has 3 heterocycles. The van der Waals surface area contributed by atoms with E-state index >= 15 is 0 Å². The predicted octanol–water partition coefficient (Wildman–Crippen LogP) is 3.19. The first kappa shape index (κ1) is 15.2. The first-order valence-electron chi connectivity index (χ1n) is 8.98. The smallest absolute Gasteiger partial charge is 0.256 e. The molecule has 2 aromatic heterocycles. The maximum absolute atomic E-state index is 12.5. The zero-order valence-electron chi connectivity index (χ0n) is 14.4. The van der Waals surface area contributed by atoms with E-state index in [1.54, 1.807) is 6.20 Å². The molecule has 7 heteroatoms. The number of rotatable bonds is 3. The molecule has 0 bridgehead atoms. The highest BCUT2D eigenvalue weighted by Gasteiger charge is 2.38. The first-order valence-corrected chi connectivity index (χ1v) is 10.5. The second kappa shape index (κ2) is 5.07. The lowest BCUT2D eigenvalue weighted by molar-refractivity contribution is 0.579. The Labute approximate surface area is 156 Å². The average Bonchev–Trinajstić information content (AvgIpc) is 3.16. The Hall–Kier alpha value is -2.93. The Morgan fingerprint density at radius 1 is 1.07 bits per heavy atom. The molecule has 0 spiro atoms. The van der Waals surface area contributed by atoms with Crippen molar-refractivity contribution in [1.82, 2.24) is 18.7 Å². The molecule has 6 rings (SSSR count). The van der Waals surface area contributed by atoms with Crippen LogP contribution in [0.1, 0.15) is 30.0 Å². The molecule has 0 N–H and O–H groups in total. The van der Waals surface area contributed by atoms with Gasteiger partial charge in [-0.05, 0) is 36.1 Å². The second-order valence-electron chi connectivity index (χ2n) is 7.24. The van der Waals surface area contributed by atoms with Crippen LogP contribution in [0.5, 0.6) is 0 Å². The van der Waals surface area contributed by atoms with Crippen molar-refractivity contribution in [2.24, 2.45) is 0 Å². The normalized spacial score (nSPS) is 18.6. The summed E-state index contributed by atoms with van der Waals surface area (Å²) in [6, 6.07) is 14.3. The summed E-state index contributed by atoms with van der Waals surface area (Å²) in [6.45, 7) is 0. The quantitative estimate of drug-likeness (QED) is 0.485. The van der Waals surface area contributed by atoms with E-state index in [9.17, 15) is 8.42 Å². The Balaban J connectivity index is 1.51. The van der Waals surface area contributed by atoms with Crippen LogP contribution < -0.4 is 0 Å². The Kier molecular flexibility index (Phi) is 2.85. The number of hydrogen-bond donors (Lipinski definition) is 0. The Morgan fingerprint density at radius 3 is 2.78 bits per heavy atom. The molecule has 1 atom stereocenters. The summed E-state index contributed by atoms with van der Waals surface area (Å²) in [5.41, 5.74) is 5.30. The summed E-state index contributed by atoms with van der Waals surface area (Å²) in [5.74, 6) is 0. The minimum Gasteiger partial charge on any atom is -0.319 e. The van der Waals surface area contributed by atoms with Crippen molar-refractivity contribution in [3.63, 3.8) is 0 Å². The van der Waals surface area contributed by atoms with E-state index < -0.39 is 10.0 Å². The maximum atomic E-state index is 12.5. The lowest BCUT2D eigenvalue weighted by Crippen LogP contribution is -2.17. The second-order valence-corrected chi connectivity index (χ2v) is 9.31. The molecule has 2 aliphatic rings. The maximum Gasteiger partial charge on any atom is 0.256 e. The fourth-order valence-electron chi connectivity index (χ4n) is 4.02. The van der Waals surface area contributed by atoms with Crippen LogP contribution in [0.4, 0.5) is 0 Å². The molecule has 134 valence electrons. The van der Waals surface area contributed by atoms with Gasteiger partial charge in [0.05, 0.1) is 41.2 Å². The minimum absolute atomic E-state index is 0.0338. The summed E-state index contributed by atoms with van der Waals surface area (Å²) in [5, 5.41) is 4.86. The van der Waals surface area contributed by atoms with Crippen LogP contribution in [-0.4, -0.2) is 32.4 Å². The van der Waals surface area contributed by atoms with E-state index in [0.717, 1.165) is 33.6 Å². The zero-order chi connectivity index (χ0) is 18.2. The monoisotopic (exact) mass is 376 g/mol. The van der Waals surface area contributed by atoms with Gasteiger partial charge in [-0.1, -0.05) is 30.3 Å². The third-order valence-electron chi connectivity index (χ3n) is 5.51. The van der Waals surface area contributed by atoms with E-state index in [2.05, 4.69) is 26.8 Å². The molecule has 1 saturated carbocycles. The summed E-state index contributed by atoms with van der Waals surface area (Å²) >= 11 is 0. The Bertz CT molecular complexity index is 1310. The van der Waals surface area contributed by atoms with E-state index in [-0.39, 0.29) is 11.3 Å². The predicted molar refractivity (Wildman–Crippen MR) is 102 cm³/mol. The molecule has 1 aliphatic heterocycles. The molecule has 1 fully saturated rings. The molecule has 6 nitrogen and oxygen atoms in total. The van der Waals surface area contributed by atoms with Gasteiger partial charge in [0.2, 0.25) is 0 Å². The third kappa shape index (κ3) is 2.09. The van der Waals surface area contributed by atoms with Crippen molar-refractivity contribution in [2.75, 3.05) is 0 Å². The number of aromatic nitrogens is 4. The molecule has 4 aromatic rings. The fourth-order valence-corrected chi connectivity index (χ4v) is 5.52. The number of nitrogens with zero attached hydrogens (tertiary/aromatic N) is 4. The van der Waals surface area contributed by atoms with Crippen LogP contribution in [0.2, 0.25) is 0 Å². The van der Waals surface area contributed by atoms with Crippen LogP contribution >= 0.6 is 0 Å². The third-order valence-corrected chi connectivity index (χ3v) is 7.53. The highest BCUT2D eigenvalue weighted by atomic mass is 32.2. The molecule has 1 unspecified atom stereocenters. The van der Waals surface area contributed by atoms with Crippen LogP contribution in [-0.2, 0) is 10.0 Å². The highest BCUT2D eigenvalue weighted by molar-refractivity contribution is 7.90. The molecule has 0 saturated heterocycles. The van der Waals surface area contributed by atoms with E-state index in [0.29, 0.717) is 5.52 Å². The van der Waals surface area contributed by atoms with Gasteiger partial charge in [-0.2, -0.15) is 9.19 Å². The lowest BCUT2D eigenvalue weighted by Gasteiger charge is -2.15. The standard InChI is InChI=1S/C20H16N4O2S/c25-27(26,15-6-7-15)24-11-14-9-13(5-8-18(14)22-24)20-17-4-2-1-3-16(17)19-10-21-12-23(19)20/h1-5,8-12,15,20H,6-7H2. The van der Waals surface area contributed by atoms with Gasteiger partial charge >= 0.3 is 0 Å². The van der Waals surface area contributed by atoms with Crippen LogP contribution in [0.25, 0.3) is 22.2 Å². The molecule has 0 amide bonds. The van der Waals surface area contributed by atoms with E-state index in [1.165, 1.54) is 11.1 Å². The highest BCUT2D eigenvalue weighted by Crippen LogP contribution is 2.43. The van der Waals surface area contributed by atoms with Crippen molar-refractivity contribution >= 4 is 20.9 Å². The molecule has 2 aromatic carbocycles. The molecule has 1 aliphatic carbocycles. The van der Waals surface area contributed by atoms with Gasteiger partial charge in [-0.15, -0.1) is 0 Å². The fraction of sp³-hybridized carbons (Fsp3) is 0.200. The number of fused-ring (bicyclic) bond motifs is 4. The van der Waals surface area contributed by atoms with Gasteiger partial charge in [-0.3, -0.25) is 0 Å². The van der Waals surface area contributed by atoms with E-state index in [1.807, 2.05) is 42.9 Å². The van der Waals surface area contributed by atoms with Gasteiger partial charge in [0, 0.05) is 10.9 Å². The van der Waals surface area contributed by atoms with Gasteiger partial charge in [-0.25, -0.2) is 13.4 Å².